The third-order valence-electron chi connectivity index (χ3n) is 6.10. The topological polar surface area (TPSA) is 29.3 Å². The molecule has 2 heteroatoms. The first-order valence-corrected chi connectivity index (χ1v) is 8.80. The van der Waals surface area contributed by atoms with Crippen molar-refractivity contribution in [1.29, 1.82) is 0 Å². The predicted molar refractivity (Wildman–Crippen MR) is 81.2 cm³/mol. The van der Waals surface area contributed by atoms with Gasteiger partial charge in [0, 0.05) is 18.1 Å². The Hall–Kier alpha value is -0.0800. The molecule has 1 heterocycles. The van der Waals surface area contributed by atoms with Crippen LogP contribution < -0.4 is 5.73 Å². The van der Waals surface area contributed by atoms with Crippen molar-refractivity contribution in [1.82, 2.24) is 4.90 Å². The molecule has 0 aromatic heterocycles. The van der Waals surface area contributed by atoms with E-state index < -0.39 is 0 Å². The van der Waals surface area contributed by atoms with Crippen molar-refractivity contribution in [3.8, 4) is 0 Å². The third-order valence-corrected chi connectivity index (χ3v) is 6.10. The van der Waals surface area contributed by atoms with E-state index >= 15 is 0 Å². The van der Waals surface area contributed by atoms with Gasteiger partial charge in [-0.3, -0.25) is 0 Å². The summed E-state index contributed by atoms with van der Waals surface area (Å²) in [4.78, 5) is 2.80. The molecule has 0 radical (unpaired) electrons. The molecule has 0 aromatic rings. The first-order valence-electron chi connectivity index (χ1n) is 8.80. The Morgan fingerprint density at radius 3 is 2.37 bits per heavy atom. The third kappa shape index (κ3) is 3.33. The van der Waals surface area contributed by atoms with Gasteiger partial charge >= 0.3 is 0 Å². The van der Waals surface area contributed by atoms with Gasteiger partial charge in [0.1, 0.15) is 0 Å². The Morgan fingerprint density at radius 2 is 1.63 bits per heavy atom. The minimum atomic E-state index is 0.182. The monoisotopic (exact) mass is 264 g/mol. The quantitative estimate of drug-likeness (QED) is 0.839. The highest BCUT2D eigenvalue weighted by Gasteiger charge is 2.35. The van der Waals surface area contributed by atoms with Gasteiger partial charge in [0.05, 0.1) is 0 Å². The van der Waals surface area contributed by atoms with Gasteiger partial charge in [-0.05, 0) is 57.4 Å². The predicted octanol–water partition coefficient (Wildman–Crippen LogP) is 3.69. The molecule has 19 heavy (non-hydrogen) atoms. The van der Waals surface area contributed by atoms with E-state index in [1.54, 1.807) is 0 Å². The minimum Gasteiger partial charge on any atom is -0.325 e. The van der Waals surface area contributed by atoms with Gasteiger partial charge in [0.25, 0.3) is 0 Å². The van der Waals surface area contributed by atoms with Crippen LogP contribution in [0.1, 0.15) is 77.0 Å². The van der Waals surface area contributed by atoms with Crippen LogP contribution in [0, 0.1) is 5.92 Å². The zero-order chi connectivity index (χ0) is 13.1. The zero-order valence-corrected chi connectivity index (χ0v) is 12.6. The molecular formula is C17H32N2. The van der Waals surface area contributed by atoms with Crippen LogP contribution in [-0.4, -0.2) is 29.6 Å². The van der Waals surface area contributed by atoms with Gasteiger partial charge in [-0.15, -0.1) is 0 Å². The second-order valence-corrected chi connectivity index (χ2v) is 7.46. The molecule has 0 aromatic carbocycles. The summed E-state index contributed by atoms with van der Waals surface area (Å²) in [5.41, 5.74) is 6.79. The first kappa shape index (κ1) is 13.9. The average molecular weight is 264 g/mol. The first-order chi connectivity index (χ1) is 9.27. The van der Waals surface area contributed by atoms with Crippen LogP contribution in [0.15, 0.2) is 0 Å². The summed E-state index contributed by atoms with van der Waals surface area (Å²) in [6.07, 6.45) is 16.8. The molecule has 1 unspecified atom stereocenters. The van der Waals surface area contributed by atoms with Gasteiger partial charge in [-0.2, -0.15) is 0 Å². The fourth-order valence-corrected chi connectivity index (χ4v) is 4.88. The molecule has 1 saturated heterocycles. The summed E-state index contributed by atoms with van der Waals surface area (Å²) in [5.74, 6) is 1.02. The molecule has 1 aliphatic heterocycles. The molecule has 110 valence electrons. The molecule has 0 bridgehead atoms. The average Bonchev–Trinajstić information content (AvgIpc) is 3.08. The Kier molecular flexibility index (Phi) is 4.48. The summed E-state index contributed by atoms with van der Waals surface area (Å²) in [7, 11) is 0. The lowest BCUT2D eigenvalue weighted by Gasteiger charge is -2.37. The number of nitrogens with zero attached hydrogens (tertiary/aromatic N) is 1. The fraction of sp³-hybridized carbons (Fsp3) is 1.00. The maximum Gasteiger partial charge on any atom is 0.0166 e. The van der Waals surface area contributed by atoms with Gasteiger partial charge in [-0.25, -0.2) is 0 Å². The standard InChI is InChI=1S/C17H32N2/c18-17(10-4-1-5-11-17)12-14-19-13-6-9-16(19)15-7-2-3-8-15/h15-16H,1-14,18H2. The van der Waals surface area contributed by atoms with E-state index in [-0.39, 0.29) is 5.54 Å². The zero-order valence-electron chi connectivity index (χ0n) is 12.6. The second kappa shape index (κ2) is 6.13. The van der Waals surface area contributed by atoms with E-state index in [0.29, 0.717) is 0 Å². The van der Waals surface area contributed by atoms with Gasteiger partial charge in [0.15, 0.2) is 0 Å². The van der Waals surface area contributed by atoms with Crippen LogP contribution in [0.3, 0.4) is 0 Å². The van der Waals surface area contributed by atoms with Crippen LogP contribution in [0.4, 0.5) is 0 Å². The summed E-state index contributed by atoms with van der Waals surface area (Å²) in [6, 6.07) is 0.912. The Balaban J connectivity index is 1.50. The Bertz CT molecular complexity index is 277. The van der Waals surface area contributed by atoms with Crippen LogP contribution in [0.5, 0.6) is 0 Å². The largest absolute Gasteiger partial charge is 0.325 e. The van der Waals surface area contributed by atoms with Crippen LogP contribution in [-0.2, 0) is 0 Å². The summed E-state index contributed by atoms with van der Waals surface area (Å²) >= 11 is 0. The van der Waals surface area contributed by atoms with Crippen molar-refractivity contribution in [2.75, 3.05) is 13.1 Å². The molecule has 3 rings (SSSR count). The molecule has 1 atom stereocenters. The highest BCUT2D eigenvalue weighted by molar-refractivity contribution is 4.92. The van der Waals surface area contributed by atoms with E-state index in [2.05, 4.69) is 4.90 Å². The SMILES string of the molecule is NC1(CCN2CCCC2C2CCCC2)CCCCC1. The van der Waals surface area contributed by atoms with Gasteiger partial charge in [0.2, 0.25) is 0 Å². The normalized spacial score (nSPS) is 33.0. The van der Waals surface area contributed by atoms with Crippen molar-refractivity contribution in [3.05, 3.63) is 0 Å². The second-order valence-electron chi connectivity index (χ2n) is 7.46. The van der Waals surface area contributed by atoms with Crippen molar-refractivity contribution in [2.45, 2.75) is 88.6 Å². The summed E-state index contributed by atoms with van der Waals surface area (Å²) < 4.78 is 0. The molecule has 0 amide bonds. The van der Waals surface area contributed by atoms with E-state index in [1.165, 1.54) is 90.1 Å². The van der Waals surface area contributed by atoms with E-state index in [9.17, 15) is 0 Å². The van der Waals surface area contributed by atoms with E-state index in [0.717, 1.165) is 12.0 Å². The van der Waals surface area contributed by atoms with E-state index in [4.69, 9.17) is 5.73 Å². The Morgan fingerprint density at radius 1 is 0.895 bits per heavy atom. The molecule has 2 N–H and O–H groups in total. The van der Waals surface area contributed by atoms with Crippen molar-refractivity contribution in [2.24, 2.45) is 11.7 Å². The highest BCUT2D eigenvalue weighted by Crippen LogP contribution is 2.36. The van der Waals surface area contributed by atoms with Crippen molar-refractivity contribution in [3.63, 3.8) is 0 Å². The molecule has 3 aliphatic rings. The fourth-order valence-electron chi connectivity index (χ4n) is 4.88. The number of hydrogen-bond acceptors (Lipinski definition) is 2. The molecule has 3 fully saturated rings. The Labute approximate surface area is 119 Å². The molecule has 0 spiro atoms. The minimum absolute atomic E-state index is 0.182. The number of rotatable bonds is 4. The molecule has 2 nitrogen and oxygen atoms in total. The maximum atomic E-state index is 6.61. The van der Waals surface area contributed by atoms with Crippen LogP contribution in [0.25, 0.3) is 0 Å². The smallest absolute Gasteiger partial charge is 0.0166 e. The van der Waals surface area contributed by atoms with E-state index in [1.807, 2.05) is 0 Å². The summed E-state index contributed by atoms with van der Waals surface area (Å²) in [6.45, 7) is 2.62. The number of hydrogen-bond donors (Lipinski definition) is 1. The lowest BCUT2D eigenvalue weighted by molar-refractivity contribution is 0.161. The molecule has 2 saturated carbocycles. The number of likely N-dealkylation sites (tertiary alicyclic amines) is 1. The van der Waals surface area contributed by atoms with Crippen LogP contribution in [0.2, 0.25) is 0 Å². The van der Waals surface area contributed by atoms with Gasteiger partial charge in [-0.1, -0.05) is 32.1 Å². The van der Waals surface area contributed by atoms with Gasteiger partial charge < -0.3 is 10.6 Å². The van der Waals surface area contributed by atoms with Crippen LogP contribution >= 0.6 is 0 Å². The van der Waals surface area contributed by atoms with Crippen molar-refractivity contribution < 1.29 is 0 Å². The molecular weight excluding hydrogens is 232 g/mol. The van der Waals surface area contributed by atoms with Crippen molar-refractivity contribution >= 4 is 0 Å². The lowest BCUT2D eigenvalue weighted by Crippen LogP contribution is -2.46. The summed E-state index contributed by atoms with van der Waals surface area (Å²) in [5, 5.41) is 0. The number of nitrogens with two attached hydrogens (primary N) is 1. The lowest BCUT2D eigenvalue weighted by atomic mass is 9.80. The molecule has 2 aliphatic carbocycles. The highest BCUT2D eigenvalue weighted by atomic mass is 15.2. The maximum absolute atomic E-state index is 6.61.